The Bertz CT molecular complexity index is 531. The fourth-order valence-electron chi connectivity index (χ4n) is 1.44. The first-order valence-electron chi connectivity index (χ1n) is 5.64. The first-order valence-corrected chi connectivity index (χ1v) is 5.64. The van der Waals surface area contributed by atoms with Crippen LogP contribution >= 0.6 is 0 Å². The largest absolute Gasteiger partial charge is 0.354 e. The molecule has 6 nitrogen and oxygen atoms in total. The standard InChI is InChI=1S/C11H15FN6/c1-4-13-11-14-6-8(12)10(16-11)15-9-5-7(2)18(3)17-9/h5-6H,4H2,1-3H3,(H2,13,14,15,16,17). The second-order valence-electron chi connectivity index (χ2n) is 3.84. The van der Waals surface area contributed by atoms with Crippen LogP contribution in [0.2, 0.25) is 0 Å². The van der Waals surface area contributed by atoms with Crippen molar-refractivity contribution in [2.75, 3.05) is 17.2 Å². The quantitative estimate of drug-likeness (QED) is 0.866. The van der Waals surface area contributed by atoms with Crippen LogP contribution in [0.1, 0.15) is 12.6 Å². The van der Waals surface area contributed by atoms with E-state index < -0.39 is 5.82 Å². The minimum absolute atomic E-state index is 0.110. The first-order chi connectivity index (χ1) is 8.60. The molecule has 0 unspecified atom stereocenters. The van der Waals surface area contributed by atoms with Crippen LogP contribution in [0.15, 0.2) is 12.3 Å². The number of nitrogens with one attached hydrogen (secondary N) is 2. The molecule has 2 rings (SSSR count). The van der Waals surface area contributed by atoms with Crippen molar-refractivity contribution in [1.29, 1.82) is 0 Å². The van der Waals surface area contributed by atoms with Crippen molar-refractivity contribution in [2.45, 2.75) is 13.8 Å². The summed E-state index contributed by atoms with van der Waals surface area (Å²) in [6.45, 7) is 4.51. The summed E-state index contributed by atoms with van der Waals surface area (Å²) in [4.78, 5) is 7.87. The Morgan fingerprint density at radius 1 is 1.44 bits per heavy atom. The molecular weight excluding hydrogens is 235 g/mol. The van der Waals surface area contributed by atoms with E-state index in [1.165, 1.54) is 0 Å². The van der Waals surface area contributed by atoms with Gasteiger partial charge in [-0.05, 0) is 13.8 Å². The van der Waals surface area contributed by atoms with Gasteiger partial charge in [-0.3, -0.25) is 4.68 Å². The number of nitrogens with zero attached hydrogens (tertiary/aromatic N) is 4. The van der Waals surface area contributed by atoms with E-state index in [4.69, 9.17) is 0 Å². The average molecular weight is 250 g/mol. The Morgan fingerprint density at radius 2 is 2.22 bits per heavy atom. The molecule has 7 heteroatoms. The molecule has 0 atom stereocenters. The molecule has 0 saturated heterocycles. The molecular formula is C11H15FN6. The highest BCUT2D eigenvalue weighted by atomic mass is 19.1. The lowest BCUT2D eigenvalue weighted by molar-refractivity contribution is 0.619. The summed E-state index contributed by atoms with van der Waals surface area (Å²) in [7, 11) is 1.82. The fourth-order valence-corrected chi connectivity index (χ4v) is 1.44. The molecule has 2 aromatic heterocycles. The van der Waals surface area contributed by atoms with Gasteiger partial charge in [-0.1, -0.05) is 0 Å². The van der Waals surface area contributed by atoms with Crippen LogP contribution in [0.3, 0.4) is 0 Å². The van der Waals surface area contributed by atoms with Crippen molar-refractivity contribution in [3.05, 3.63) is 23.8 Å². The molecule has 0 spiro atoms. The van der Waals surface area contributed by atoms with Crippen molar-refractivity contribution >= 4 is 17.6 Å². The summed E-state index contributed by atoms with van der Waals surface area (Å²) in [6.07, 6.45) is 1.13. The number of rotatable bonds is 4. The van der Waals surface area contributed by atoms with E-state index >= 15 is 0 Å². The second-order valence-corrected chi connectivity index (χ2v) is 3.84. The topological polar surface area (TPSA) is 67.7 Å². The second kappa shape index (κ2) is 4.99. The van der Waals surface area contributed by atoms with Gasteiger partial charge in [0.2, 0.25) is 5.95 Å². The summed E-state index contributed by atoms with van der Waals surface area (Å²) in [6, 6.07) is 1.81. The molecule has 0 fully saturated rings. The molecule has 0 radical (unpaired) electrons. The maximum atomic E-state index is 13.6. The van der Waals surface area contributed by atoms with Crippen LogP contribution in [0.25, 0.3) is 0 Å². The third-order valence-electron chi connectivity index (χ3n) is 2.44. The van der Waals surface area contributed by atoms with Gasteiger partial charge >= 0.3 is 0 Å². The van der Waals surface area contributed by atoms with Gasteiger partial charge in [0, 0.05) is 25.4 Å². The molecule has 0 saturated carbocycles. The summed E-state index contributed by atoms with van der Waals surface area (Å²) in [5.41, 5.74) is 0.971. The third kappa shape index (κ3) is 2.55. The summed E-state index contributed by atoms with van der Waals surface area (Å²) in [5, 5.41) is 9.94. The zero-order chi connectivity index (χ0) is 13.1. The van der Waals surface area contributed by atoms with Gasteiger partial charge in [0.15, 0.2) is 17.5 Å². The number of aryl methyl sites for hydroxylation is 2. The number of hydrogen-bond acceptors (Lipinski definition) is 5. The molecule has 2 heterocycles. The van der Waals surface area contributed by atoms with Crippen molar-refractivity contribution in [3.8, 4) is 0 Å². The zero-order valence-electron chi connectivity index (χ0n) is 10.5. The zero-order valence-corrected chi connectivity index (χ0v) is 10.5. The highest BCUT2D eigenvalue weighted by Gasteiger charge is 2.09. The van der Waals surface area contributed by atoms with Gasteiger partial charge in [-0.25, -0.2) is 9.37 Å². The van der Waals surface area contributed by atoms with E-state index in [9.17, 15) is 4.39 Å². The van der Waals surface area contributed by atoms with E-state index in [2.05, 4.69) is 25.7 Å². The van der Waals surface area contributed by atoms with E-state index in [0.29, 0.717) is 18.3 Å². The predicted octanol–water partition coefficient (Wildman–Crippen LogP) is 1.83. The summed E-state index contributed by atoms with van der Waals surface area (Å²) in [5.74, 6) is 0.531. The lowest BCUT2D eigenvalue weighted by atomic mass is 10.4. The van der Waals surface area contributed by atoms with Gasteiger partial charge in [-0.15, -0.1) is 0 Å². The van der Waals surface area contributed by atoms with Crippen LogP contribution in [0, 0.1) is 12.7 Å². The van der Waals surface area contributed by atoms with Crippen molar-refractivity contribution < 1.29 is 4.39 Å². The third-order valence-corrected chi connectivity index (χ3v) is 2.44. The Balaban J connectivity index is 2.24. The molecule has 0 aliphatic carbocycles. The van der Waals surface area contributed by atoms with Crippen LogP contribution < -0.4 is 10.6 Å². The Hall–Kier alpha value is -2.18. The van der Waals surface area contributed by atoms with Gasteiger partial charge in [-0.2, -0.15) is 10.1 Å². The Labute approximate surface area is 104 Å². The molecule has 0 aliphatic heterocycles. The molecule has 18 heavy (non-hydrogen) atoms. The van der Waals surface area contributed by atoms with Gasteiger partial charge in [0.05, 0.1) is 6.20 Å². The molecule has 0 bridgehead atoms. The molecule has 0 aromatic carbocycles. The van der Waals surface area contributed by atoms with Crippen LogP contribution in [0.5, 0.6) is 0 Å². The molecule has 2 N–H and O–H groups in total. The first kappa shape index (κ1) is 12.3. The number of halogens is 1. The lowest BCUT2D eigenvalue weighted by Gasteiger charge is -2.06. The number of aromatic nitrogens is 4. The van der Waals surface area contributed by atoms with Gasteiger partial charge < -0.3 is 10.6 Å². The van der Waals surface area contributed by atoms with Crippen molar-refractivity contribution in [2.24, 2.45) is 7.05 Å². The van der Waals surface area contributed by atoms with E-state index in [1.807, 2.05) is 27.0 Å². The monoisotopic (exact) mass is 250 g/mol. The summed E-state index contributed by atoms with van der Waals surface area (Å²) >= 11 is 0. The Kier molecular flexibility index (Phi) is 3.40. The normalized spacial score (nSPS) is 10.4. The van der Waals surface area contributed by atoms with Gasteiger partial charge in [0.1, 0.15) is 0 Å². The predicted molar refractivity (Wildman–Crippen MR) is 67.4 cm³/mol. The lowest BCUT2D eigenvalue weighted by Crippen LogP contribution is -2.06. The maximum absolute atomic E-state index is 13.6. The van der Waals surface area contributed by atoms with Crippen LogP contribution in [0.4, 0.5) is 22.0 Å². The maximum Gasteiger partial charge on any atom is 0.224 e. The molecule has 0 amide bonds. The Morgan fingerprint density at radius 3 is 2.83 bits per heavy atom. The van der Waals surface area contributed by atoms with E-state index in [1.54, 1.807) is 4.68 Å². The minimum atomic E-state index is -0.514. The van der Waals surface area contributed by atoms with Crippen LogP contribution in [-0.4, -0.2) is 26.3 Å². The van der Waals surface area contributed by atoms with E-state index in [-0.39, 0.29) is 5.82 Å². The van der Waals surface area contributed by atoms with Gasteiger partial charge in [0.25, 0.3) is 0 Å². The minimum Gasteiger partial charge on any atom is -0.354 e. The SMILES string of the molecule is CCNc1ncc(F)c(Nc2cc(C)n(C)n2)n1. The number of hydrogen-bond donors (Lipinski definition) is 2. The molecule has 2 aromatic rings. The van der Waals surface area contributed by atoms with Crippen LogP contribution in [-0.2, 0) is 7.05 Å². The average Bonchev–Trinajstić information content (AvgIpc) is 2.63. The van der Waals surface area contributed by atoms with E-state index in [0.717, 1.165) is 11.9 Å². The fraction of sp³-hybridized carbons (Fsp3) is 0.364. The molecule has 96 valence electrons. The van der Waals surface area contributed by atoms with Crippen molar-refractivity contribution in [3.63, 3.8) is 0 Å². The highest BCUT2D eigenvalue weighted by molar-refractivity contribution is 5.53. The van der Waals surface area contributed by atoms with Crippen molar-refractivity contribution in [1.82, 2.24) is 19.7 Å². The summed E-state index contributed by atoms with van der Waals surface area (Å²) < 4.78 is 15.3. The smallest absolute Gasteiger partial charge is 0.224 e. The molecule has 0 aliphatic rings. The number of anilines is 3. The highest BCUT2D eigenvalue weighted by Crippen LogP contribution is 2.17.